The molecule has 0 radical (unpaired) electrons. The van der Waals surface area contributed by atoms with E-state index in [0.29, 0.717) is 0 Å². The first-order valence-electron chi connectivity index (χ1n) is 3.19. The van der Waals surface area contributed by atoms with Crippen LogP contribution in [0, 0.1) is 10.1 Å². The Labute approximate surface area is 70.9 Å². The number of nitrogens with zero attached hydrogens (tertiary/aromatic N) is 3. The average Bonchev–Trinajstić information content (AvgIpc) is 1.98. The molecule has 12 heavy (non-hydrogen) atoms. The van der Waals surface area contributed by atoms with Gasteiger partial charge in [0, 0.05) is 20.2 Å². The minimum atomic E-state index is -0.545. The normalized spacial score (nSPS) is 11.5. The molecule has 0 spiro atoms. The van der Waals surface area contributed by atoms with Gasteiger partial charge in [0.2, 0.25) is 5.82 Å². The molecule has 66 valence electrons. The number of allylic oxidation sites excluding steroid dienone is 1. The molecule has 0 aliphatic rings. The summed E-state index contributed by atoms with van der Waals surface area (Å²) in [6, 6.07) is 0. The van der Waals surface area contributed by atoms with E-state index in [1.54, 1.807) is 14.1 Å². The van der Waals surface area contributed by atoms with Crippen molar-refractivity contribution in [2.24, 2.45) is 4.99 Å². The van der Waals surface area contributed by atoms with Crippen molar-refractivity contribution in [1.29, 1.82) is 0 Å². The number of rotatable bonds is 4. The Morgan fingerprint density at radius 1 is 1.67 bits per heavy atom. The summed E-state index contributed by atoms with van der Waals surface area (Å²) in [5.41, 5.74) is -0.144. The van der Waals surface area contributed by atoms with Crippen LogP contribution in [0.2, 0.25) is 0 Å². The molecule has 0 aliphatic heterocycles. The Morgan fingerprint density at radius 2 is 2.17 bits per heavy atom. The van der Waals surface area contributed by atoms with Crippen LogP contribution < -0.4 is 0 Å². The summed E-state index contributed by atoms with van der Waals surface area (Å²) in [4.78, 5) is 14.9. The van der Waals surface area contributed by atoms with Gasteiger partial charge in [-0.2, -0.15) is 0 Å². The Hall–Kier alpha value is -1.65. The molecule has 0 bridgehead atoms. The van der Waals surface area contributed by atoms with Crippen LogP contribution in [0.1, 0.15) is 0 Å². The minimum Gasteiger partial charge on any atom is -0.357 e. The van der Waals surface area contributed by atoms with E-state index in [-0.39, 0.29) is 11.5 Å². The standard InChI is InChI=1S/C7H11N3O2/c1-5-6(10(11)12)7(8-2)9(3)4/h5H,1-2H2,3-4H3/b7-6-. The average molecular weight is 169 g/mol. The smallest absolute Gasteiger partial charge is 0.310 e. The first kappa shape index (κ1) is 10.3. The van der Waals surface area contributed by atoms with Gasteiger partial charge < -0.3 is 4.90 Å². The van der Waals surface area contributed by atoms with Crippen molar-refractivity contribution in [3.05, 3.63) is 34.3 Å². The summed E-state index contributed by atoms with van der Waals surface area (Å²) in [5, 5.41) is 10.4. The van der Waals surface area contributed by atoms with Gasteiger partial charge in [0.1, 0.15) is 0 Å². The molecule has 0 amide bonds. The molecule has 0 saturated heterocycles. The molecule has 0 atom stereocenters. The van der Waals surface area contributed by atoms with Gasteiger partial charge in [-0.25, -0.2) is 4.99 Å². The van der Waals surface area contributed by atoms with Crippen molar-refractivity contribution < 1.29 is 4.92 Å². The molecule has 0 unspecified atom stereocenters. The SMILES string of the molecule is C=C/C(=C(\N=C)N(C)C)[N+](=O)[O-]. The molecular weight excluding hydrogens is 158 g/mol. The van der Waals surface area contributed by atoms with Gasteiger partial charge >= 0.3 is 5.70 Å². The summed E-state index contributed by atoms with van der Waals surface area (Å²) < 4.78 is 0. The maximum absolute atomic E-state index is 10.4. The fraction of sp³-hybridized carbons (Fsp3) is 0.286. The first-order valence-corrected chi connectivity index (χ1v) is 3.19. The van der Waals surface area contributed by atoms with E-state index in [2.05, 4.69) is 18.3 Å². The van der Waals surface area contributed by atoms with Crippen LogP contribution in [0.5, 0.6) is 0 Å². The van der Waals surface area contributed by atoms with Gasteiger partial charge in [-0.15, -0.1) is 0 Å². The van der Waals surface area contributed by atoms with Crippen LogP contribution in [0.3, 0.4) is 0 Å². The van der Waals surface area contributed by atoms with Crippen molar-refractivity contribution in [2.75, 3.05) is 14.1 Å². The zero-order chi connectivity index (χ0) is 9.72. The predicted octanol–water partition coefficient (Wildman–Crippen LogP) is 0.880. The van der Waals surface area contributed by atoms with Gasteiger partial charge in [0.25, 0.3) is 0 Å². The molecule has 0 aromatic rings. The quantitative estimate of drug-likeness (QED) is 0.271. The maximum Gasteiger partial charge on any atom is 0.310 e. The molecule has 0 rings (SSSR count). The van der Waals surface area contributed by atoms with Crippen LogP contribution >= 0.6 is 0 Å². The maximum atomic E-state index is 10.4. The Morgan fingerprint density at radius 3 is 2.25 bits per heavy atom. The van der Waals surface area contributed by atoms with E-state index in [9.17, 15) is 10.1 Å². The lowest BCUT2D eigenvalue weighted by Crippen LogP contribution is -2.14. The van der Waals surface area contributed by atoms with Gasteiger partial charge in [-0.1, -0.05) is 6.58 Å². The van der Waals surface area contributed by atoms with Gasteiger partial charge in [0.05, 0.1) is 4.92 Å². The Kier molecular flexibility index (Phi) is 3.69. The largest absolute Gasteiger partial charge is 0.357 e. The fourth-order valence-corrected chi connectivity index (χ4v) is 0.699. The molecule has 0 heterocycles. The topological polar surface area (TPSA) is 58.7 Å². The van der Waals surface area contributed by atoms with Crippen LogP contribution in [0.4, 0.5) is 0 Å². The fourth-order valence-electron chi connectivity index (χ4n) is 0.699. The molecular formula is C7H11N3O2. The van der Waals surface area contributed by atoms with Crippen molar-refractivity contribution in [3.8, 4) is 0 Å². The highest BCUT2D eigenvalue weighted by Gasteiger charge is 2.14. The van der Waals surface area contributed by atoms with Crippen LogP contribution in [-0.2, 0) is 0 Å². The Bertz CT molecular complexity index is 243. The highest BCUT2D eigenvalue weighted by molar-refractivity contribution is 5.30. The van der Waals surface area contributed by atoms with E-state index in [1.165, 1.54) is 4.90 Å². The molecule has 0 saturated carbocycles. The third kappa shape index (κ3) is 2.19. The van der Waals surface area contributed by atoms with Crippen molar-refractivity contribution in [2.45, 2.75) is 0 Å². The van der Waals surface area contributed by atoms with Crippen molar-refractivity contribution in [1.82, 2.24) is 4.90 Å². The van der Waals surface area contributed by atoms with E-state index in [0.717, 1.165) is 6.08 Å². The number of aliphatic imine (C=N–C) groups is 1. The second-order valence-corrected chi connectivity index (χ2v) is 2.22. The lowest BCUT2D eigenvalue weighted by Gasteiger charge is -2.10. The van der Waals surface area contributed by atoms with E-state index in [4.69, 9.17) is 0 Å². The lowest BCUT2D eigenvalue weighted by molar-refractivity contribution is -0.421. The zero-order valence-corrected chi connectivity index (χ0v) is 7.15. The van der Waals surface area contributed by atoms with Gasteiger partial charge in [0.15, 0.2) is 0 Å². The highest BCUT2D eigenvalue weighted by atomic mass is 16.6. The number of nitro groups is 1. The number of hydrogen-bond donors (Lipinski definition) is 0. The van der Waals surface area contributed by atoms with Gasteiger partial charge in [-0.3, -0.25) is 10.1 Å². The van der Waals surface area contributed by atoms with E-state index < -0.39 is 4.92 Å². The summed E-state index contributed by atoms with van der Waals surface area (Å²) >= 11 is 0. The molecule has 5 heteroatoms. The first-order chi connectivity index (χ1) is 5.54. The highest BCUT2D eigenvalue weighted by Crippen LogP contribution is 2.09. The van der Waals surface area contributed by atoms with Crippen LogP contribution in [-0.4, -0.2) is 30.6 Å². The zero-order valence-electron chi connectivity index (χ0n) is 7.15. The second kappa shape index (κ2) is 4.27. The Balaban J connectivity index is 5.14. The molecule has 0 N–H and O–H groups in total. The summed E-state index contributed by atoms with van der Waals surface area (Å²) in [5.74, 6) is 0.204. The summed E-state index contributed by atoms with van der Waals surface area (Å²) in [6.07, 6.45) is 1.14. The summed E-state index contributed by atoms with van der Waals surface area (Å²) in [7, 11) is 3.30. The molecule has 0 aliphatic carbocycles. The third-order valence-electron chi connectivity index (χ3n) is 1.19. The monoisotopic (exact) mass is 169 g/mol. The molecule has 0 aromatic heterocycles. The minimum absolute atomic E-state index is 0.144. The van der Waals surface area contributed by atoms with E-state index in [1.807, 2.05) is 0 Å². The van der Waals surface area contributed by atoms with Gasteiger partial charge in [-0.05, 0) is 6.72 Å². The third-order valence-corrected chi connectivity index (χ3v) is 1.19. The van der Waals surface area contributed by atoms with Crippen molar-refractivity contribution >= 4 is 6.72 Å². The molecule has 5 nitrogen and oxygen atoms in total. The second-order valence-electron chi connectivity index (χ2n) is 2.22. The number of hydrogen-bond acceptors (Lipinski definition) is 4. The lowest BCUT2D eigenvalue weighted by atomic mass is 10.4. The molecule has 0 fully saturated rings. The predicted molar refractivity (Wildman–Crippen MR) is 47.5 cm³/mol. The van der Waals surface area contributed by atoms with Crippen molar-refractivity contribution in [3.63, 3.8) is 0 Å². The van der Waals surface area contributed by atoms with E-state index >= 15 is 0 Å². The van der Waals surface area contributed by atoms with Crippen LogP contribution in [0.15, 0.2) is 29.2 Å². The molecule has 0 aromatic carbocycles. The summed E-state index contributed by atoms with van der Waals surface area (Å²) in [6.45, 7) is 6.55. The van der Waals surface area contributed by atoms with Crippen LogP contribution in [0.25, 0.3) is 0 Å².